The molecule has 0 aliphatic carbocycles. The number of hydrogen-bond donors (Lipinski definition) is 3. The fourth-order valence-corrected chi connectivity index (χ4v) is 11.9. The normalized spacial score (nSPS) is 14.6. The van der Waals surface area contributed by atoms with Crippen molar-refractivity contribution in [1.82, 2.24) is 0 Å². The number of ether oxygens (including phenoxy) is 4. The second-order valence-electron chi connectivity index (χ2n) is 26.6. The summed E-state index contributed by atoms with van der Waals surface area (Å²) in [5.74, 6) is 0.784. The Hall–Kier alpha value is -1.94. The molecule has 0 rings (SSSR count). The van der Waals surface area contributed by atoms with Gasteiger partial charge >= 0.3 is 39.5 Å². The summed E-state index contributed by atoms with van der Waals surface area (Å²) in [6.45, 7) is 14.0. The third-order valence-electron chi connectivity index (χ3n) is 16.2. The molecule has 0 aromatic heterocycles. The van der Waals surface area contributed by atoms with Gasteiger partial charge in [-0.25, -0.2) is 9.13 Å². The lowest BCUT2D eigenvalue weighted by Gasteiger charge is -2.21. The predicted octanol–water partition coefficient (Wildman–Crippen LogP) is 19.3. The van der Waals surface area contributed by atoms with Crippen molar-refractivity contribution < 1.29 is 80.2 Å². The quantitative estimate of drug-likeness (QED) is 0.0222. The molecule has 0 fully saturated rings. The number of unbranched alkanes of at least 4 members (excludes halogenated alkanes) is 31. The van der Waals surface area contributed by atoms with Gasteiger partial charge in [0.25, 0.3) is 0 Å². The topological polar surface area (TPSA) is 237 Å². The molecule has 17 nitrogen and oxygen atoms in total. The summed E-state index contributed by atoms with van der Waals surface area (Å²) in [6.07, 6.45) is 40.7. The molecule has 0 amide bonds. The van der Waals surface area contributed by atoms with Gasteiger partial charge in [0, 0.05) is 25.7 Å². The number of aliphatic hydroxyl groups excluding tert-OH is 1. The summed E-state index contributed by atoms with van der Waals surface area (Å²) in [5.41, 5.74) is 0. The molecule has 0 radical (unpaired) electrons. The van der Waals surface area contributed by atoms with Crippen LogP contribution < -0.4 is 0 Å². The smallest absolute Gasteiger partial charge is 0.462 e. The molecular weight excluding hydrogens is 1160 g/mol. The molecule has 522 valence electrons. The highest BCUT2D eigenvalue weighted by Gasteiger charge is 2.30. The molecule has 0 aromatic carbocycles. The van der Waals surface area contributed by atoms with Crippen LogP contribution in [0.25, 0.3) is 0 Å². The lowest BCUT2D eigenvalue weighted by molar-refractivity contribution is -0.161. The summed E-state index contributed by atoms with van der Waals surface area (Å²) in [4.78, 5) is 72.4. The van der Waals surface area contributed by atoms with E-state index >= 15 is 0 Å². The van der Waals surface area contributed by atoms with Crippen LogP contribution in [0, 0.1) is 23.7 Å². The van der Waals surface area contributed by atoms with Crippen molar-refractivity contribution in [1.29, 1.82) is 0 Å². The largest absolute Gasteiger partial charge is 0.472 e. The Labute approximate surface area is 537 Å². The van der Waals surface area contributed by atoms with Crippen molar-refractivity contribution in [2.24, 2.45) is 23.7 Å². The summed E-state index contributed by atoms with van der Waals surface area (Å²) in [5, 5.41) is 10.6. The number of esters is 4. The first-order valence-corrected chi connectivity index (χ1v) is 38.7. The Morgan fingerprint density at radius 2 is 0.545 bits per heavy atom. The molecule has 0 heterocycles. The number of hydrogen-bond acceptors (Lipinski definition) is 15. The van der Waals surface area contributed by atoms with Crippen LogP contribution in [0.2, 0.25) is 0 Å². The molecule has 0 saturated carbocycles. The molecule has 0 spiro atoms. The van der Waals surface area contributed by atoms with E-state index in [1.165, 1.54) is 141 Å². The van der Waals surface area contributed by atoms with Crippen molar-refractivity contribution in [3.63, 3.8) is 0 Å². The van der Waals surface area contributed by atoms with Crippen molar-refractivity contribution in [2.45, 2.75) is 356 Å². The van der Waals surface area contributed by atoms with E-state index in [4.69, 9.17) is 37.0 Å². The second-order valence-corrected chi connectivity index (χ2v) is 29.5. The first-order valence-electron chi connectivity index (χ1n) is 35.7. The Balaban J connectivity index is 5.17. The van der Waals surface area contributed by atoms with Crippen molar-refractivity contribution in [3.05, 3.63) is 0 Å². The highest BCUT2D eigenvalue weighted by Crippen LogP contribution is 2.45. The standard InChI is InChI=1S/C69H134O17P2/c1-9-62(8)48-40-32-26-28-36-44-52-69(74)86-65(56-79-66(71)49-41-33-23-18-16-14-12-10-11-13-15-17-21-29-37-45-59(2)3)58-84-88(77,78)82-54-63(70)53-81-87(75,76)83-57-64(85-68(73)51-43-35-27-25-31-39-47-61(6)7)55-80-67(72)50-42-34-24-20-19-22-30-38-46-60(4)5/h59-65,70H,9-58H2,1-8H3,(H,75,76)(H,77,78)/t62?,63?,64-,65-/m1/s1. The summed E-state index contributed by atoms with van der Waals surface area (Å²) < 4.78 is 68.1. The lowest BCUT2D eigenvalue weighted by atomic mass is 10.00. The molecule has 0 aliphatic heterocycles. The number of phosphoric ester groups is 2. The number of rotatable bonds is 66. The minimum absolute atomic E-state index is 0.101. The molecule has 0 aliphatic rings. The van der Waals surface area contributed by atoms with Crippen molar-refractivity contribution in [3.8, 4) is 0 Å². The minimum Gasteiger partial charge on any atom is -0.462 e. The zero-order chi connectivity index (χ0) is 65.4. The van der Waals surface area contributed by atoms with Gasteiger partial charge in [0.2, 0.25) is 0 Å². The average molecular weight is 1300 g/mol. The van der Waals surface area contributed by atoms with E-state index in [9.17, 15) is 43.2 Å². The Kier molecular flexibility index (Phi) is 57.6. The first-order chi connectivity index (χ1) is 42.1. The molecule has 3 N–H and O–H groups in total. The van der Waals surface area contributed by atoms with Crippen LogP contribution in [-0.4, -0.2) is 96.7 Å². The van der Waals surface area contributed by atoms with E-state index in [0.717, 1.165) is 108 Å². The third kappa shape index (κ3) is 61.6. The van der Waals surface area contributed by atoms with E-state index in [1.807, 2.05) is 0 Å². The number of carbonyl (C=O) groups excluding carboxylic acids is 4. The van der Waals surface area contributed by atoms with E-state index < -0.39 is 97.5 Å². The van der Waals surface area contributed by atoms with Crippen LogP contribution in [0.5, 0.6) is 0 Å². The zero-order valence-electron chi connectivity index (χ0n) is 57.3. The van der Waals surface area contributed by atoms with Gasteiger partial charge < -0.3 is 33.8 Å². The summed E-state index contributed by atoms with van der Waals surface area (Å²) >= 11 is 0. The predicted molar refractivity (Wildman–Crippen MR) is 354 cm³/mol. The molecule has 6 atom stereocenters. The lowest BCUT2D eigenvalue weighted by Crippen LogP contribution is -2.30. The van der Waals surface area contributed by atoms with Gasteiger partial charge in [-0.15, -0.1) is 0 Å². The first kappa shape index (κ1) is 86.1. The third-order valence-corrected chi connectivity index (χ3v) is 18.1. The molecule has 4 unspecified atom stereocenters. The molecule has 88 heavy (non-hydrogen) atoms. The highest BCUT2D eigenvalue weighted by molar-refractivity contribution is 7.47. The fraction of sp³-hybridized carbons (Fsp3) is 0.942. The van der Waals surface area contributed by atoms with Gasteiger partial charge in [-0.2, -0.15) is 0 Å². The van der Waals surface area contributed by atoms with Crippen LogP contribution in [0.15, 0.2) is 0 Å². The van der Waals surface area contributed by atoms with E-state index in [-0.39, 0.29) is 25.7 Å². The van der Waals surface area contributed by atoms with Crippen LogP contribution in [0.1, 0.15) is 338 Å². The Morgan fingerprint density at radius 1 is 0.318 bits per heavy atom. The maximum Gasteiger partial charge on any atom is 0.472 e. The van der Waals surface area contributed by atoms with Gasteiger partial charge in [0.15, 0.2) is 12.2 Å². The van der Waals surface area contributed by atoms with Gasteiger partial charge in [0.05, 0.1) is 26.4 Å². The van der Waals surface area contributed by atoms with E-state index in [1.54, 1.807) is 0 Å². The molecule has 0 aromatic rings. The SMILES string of the molecule is CCC(C)CCCCCCCCC(=O)O[C@H](COC(=O)CCCCCCCCCCCCCCCCCC(C)C)COP(=O)(O)OCC(O)COP(=O)(O)OC[C@@H](COC(=O)CCCCCCCCCCC(C)C)OC(=O)CCCCCCCCC(C)C. The van der Waals surface area contributed by atoms with E-state index in [0.29, 0.717) is 31.6 Å². The van der Waals surface area contributed by atoms with Crippen LogP contribution in [0.3, 0.4) is 0 Å². The number of phosphoric acid groups is 2. The van der Waals surface area contributed by atoms with Crippen LogP contribution in [-0.2, 0) is 65.4 Å². The zero-order valence-corrected chi connectivity index (χ0v) is 59.1. The van der Waals surface area contributed by atoms with Gasteiger partial charge in [-0.1, -0.05) is 287 Å². The van der Waals surface area contributed by atoms with Crippen LogP contribution in [0.4, 0.5) is 0 Å². The summed E-state index contributed by atoms with van der Waals surface area (Å²) in [6, 6.07) is 0. The maximum absolute atomic E-state index is 13.0. The highest BCUT2D eigenvalue weighted by atomic mass is 31.2. The minimum atomic E-state index is -4.95. The monoisotopic (exact) mass is 1300 g/mol. The number of carbonyl (C=O) groups is 4. The van der Waals surface area contributed by atoms with Gasteiger partial charge in [0.1, 0.15) is 19.3 Å². The molecule has 19 heteroatoms. The summed E-state index contributed by atoms with van der Waals surface area (Å²) in [7, 11) is -9.90. The van der Waals surface area contributed by atoms with Gasteiger partial charge in [-0.3, -0.25) is 37.3 Å². The molecular formula is C69H134O17P2. The van der Waals surface area contributed by atoms with Crippen molar-refractivity contribution >= 4 is 39.5 Å². The Morgan fingerprint density at radius 3 is 0.807 bits per heavy atom. The average Bonchev–Trinajstić information content (AvgIpc) is 3.54. The maximum atomic E-state index is 13.0. The van der Waals surface area contributed by atoms with E-state index in [2.05, 4.69) is 55.4 Å². The molecule has 0 bridgehead atoms. The second kappa shape index (κ2) is 58.8. The number of aliphatic hydroxyl groups is 1. The Bertz CT molecular complexity index is 1750. The van der Waals surface area contributed by atoms with Crippen molar-refractivity contribution in [2.75, 3.05) is 39.6 Å². The molecule has 0 saturated heterocycles. The van der Waals surface area contributed by atoms with Gasteiger partial charge in [-0.05, 0) is 49.4 Å². The van der Waals surface area contributed by atoms with Crippen LogP contribution >= 0.6 is 15.6 Å². The fourth-order valence-electron chi connectivity index (χ4n) is 10.3.